The van der Waals surface area contributed by atoms with Crippen LogP contribution in [0, 0.1) is 10.1 Å². The molecule has 33 heavy (non-hydrogen) atoms. The van der Waals surface area contributed by atoms with Gasteiger partial charge in [0.1, 0.15) is 5.75 Å². The van der Waals surface area contributed by atoms with Gasteiger partial charge in [-0.3, -0.25) is 19.2 Å². The van der Waals surface area contributed by atoms with Gasteiger partial charge in [0.2, 0.25) is 0 Å². The summed E-state index contributed by atoms with van der Waals surface area (Å²) in [6.07, 6.45) is 0.478. The Morgan fingerprint density at radius 3 is 2.39 bits per heavy atom. The molecule has 3 aromatic rings. The van der Waals surface area contributed by atoms with E-state index < -0.39 is 20.9 Å². The number of ether oxygens (including phenoxy) is 1. The number of nitro groups is 1. The van der Waals surface area contributed by atoms with Gasteiger partial charge in [-0.05, 0) is 55.0 Å². The fourth-order valence-electron chi connectivity index (χ4n) is 3.20. The lowest BCUT2D eigenvalue weighted by molar-refractivity contribution is -0.385. The summed E-state index contributed by atoms with van der Waals surface area (Å²) in [6.45, 7) is 1.80. The van der Waals surface area contributed by atoms with Crippen molar-refractivity contribution in [2.75, 3.05) is 23.8 Å². The van der Waals surface area contributed by atoms with E-state index in [0.29, 0.717) is 23.4 Å². The van der Waals surface area contributed by atoms with Gasteiger partial charge in [0.15, 0.2) is 0 Å². The number of nitrogens with one attached hydrogen (secondary N) is 1. The molecule has 0 saturated carbocycles. The smallest absolute Gasteiger partial charge is 0.274 e. The summed E-state index contributed by atoms with van der Waals surface area (Å²) in [7, 11) is -1.01. The summed E-state index contributed by atoms with van der Waals surface area (Å²) < 4.78 is 32.4. The van der Waals surface area contributed by atoms with Crippen LogP contribution in [0.4, 0.5) is 17.1 Å². The second kappa shape index (κ2) is 9.70. The minimum Gasteiger partial charge on any atom is -0.497 e. The number of nitro benzene ring substituents is 1. The molecule has 1 N–H and O–H groups in total. The van der Waals surface area contributed by atoms with E-state index in [0.717, 1.165) is 4.31 Å². The lowest BCUT2D eigenvalue weighted by Gasteiger charge is -2.20. The van der Waals surface area contributed by atoms with E-state index in [1.54, 1.807) is 43.3 Å². The van der Waals surface area contributed by atoms with E-state index in [1.807, 2.05) is 0 Å². The number of benzene rings is 3. The van der Waals surface area contributed by atoms with Crippen molar-refractivity contribution in [3.63, 3.8) is 0 Å². The molecule has 0 radical (unpaired) electrons. The molecule has 0 aliphatic carbocycles. The molecule has 0 aliphatic heterocycles. The second-order valence-corrected chi connectivity index (χ2v) is 9.08. The monoisotopic (exact) mass is 469 g/mol. The number of methoxy groups -OCH3 is 1. The molecule has 0 unspecified atom stereocenters. The SMILES string of the molecule is CCc1ccc(NC(=O)c2cccc(S(=O)(=O)N(C)c3ccc(OC)cc3)c2)cc1[N+](=O)[O-]. The Morgan fingerprint density at radius 1 is 1.09 bits per heavy atom. The zero-order valence-electron chi connectivity index (χ0n) is 18.3. The highest BCUT2D eigenvalue weighted by Gasteiger charge is 2.23. The first-order valence-corrected chi connectivity index (χ1v) is 11.4. The molecule has 0 atom stereocenters. The van der Waals surface area contributed by atoms with Gasteiger partial charge < -0.3 is 10.1 Å². The van der Waals surface area contributed by atoms with Gasteiger partial charge in [0.05, 0.1) is 22.6 Å². The van der Waals surface area contributed by atoms with Crippen LogP contribution in [0.3, 0.4) is 0 Å². The van der Waals surface area contributed by atoms with Crippen LogP contribution in [0.25, 0.3) is 0 Å². The Balaban J connectivity index is 1.86. The normalized spacial score (nSPS) is 11.0. The highest BCUT2D eigenvalue weighted by molar-refractivity contribution is 7.92. The molecule has 0 aromatic heterocycles. The van der Waals surface area contributed by atoms with Gasteiger partial charge >= 0.3 is 0 Å². The third kappa shape index (κ3) is 5.12. The average Bonchev–Trinajstić information content (AvgIpc) is 2.83. The maximum absolute atomic E-state index is 13.1. The summed E-state index contributed by atoms with van der Waals surface area (Å²) in [5.41, 5.74) is 1.23. The van der Waals surface area contributed by atoms with Gasteiger partial charge in [-0.25, -0.2) is 8.42 Å². The molecule has 3 rings (SSSR count). The zero-order valence-corrected chi connectivity index (χ0v) is 19.1. The standard InChI is InChI=1S/C23H23N3O6S/c1-4-16-8-9-18(15-22(16)26(28)29)24-23(27)17-6-5-7-21(14-17)33(30,31)25(2)19-10-12-20(32-3)13-11-19/h5-15H,4H2,1-3H3,(H,24,27). The number of carbonyl (C=O) groups excluding carboxylic acids is 1. The number of carbonyl (C=O) groups is 1. The van der Waals surface area contributed by atoms with Crippen LogP contribution < -0.4 is 14.4 Å². The van der Waals surface area contributed by atoms with Crippen molar-refractivity contribution < 1.29 is 22.9 Å². The Kier molecular flexibility index (Phi) is 6.98. The quantitative estimate of drug-likeness (QED) is 0.389. The average molecular weight is 470 g/mol. The first-order valence-electron chi connectivity index (χ1n) is 9.99. The molecule has 0 aliphatic rings. The van der Waals surface area contributed by atoms with Crippen LogP contribution in [-0.4, -0.2) is 33.4 Å². The van der Waals surface area contributed by atoms with Crippen molar-refractivity contribution in [3.8, 4) is 5.75 Å². The first-order chi connectivity index (χ1) is 15.7. The van der Waals surface area contributed by atoms with Crippen LogP contribution >= 0.6 is 0 Å². The Labute approximate surface area is 191 Å². The number of hydrogen-bond acceptors (Lipinski definition) is 6. The van der Waals surface area contributed by atoms with Crippen molar-refractivity contribution in [2.45, 2.75) is 18.2 Å². The third-order valence-electron chi connectivity index (χ3n) is 5.11. The molecular formula is C23H23N3O6S. The lowest BCUT2D eigenvalue weighted by Crippen LogP contribution is -2.26. The Bertz CT molecular complexity index is 1290. The second-order valence-electron chi connectivity index (χ2n) is 7.11. The topological polar surface area (TPSA) is 119 Å². The van der Waals surface area contributed by atoms with E-state index in [9.17, 15) is 23.3 Å². The molecule has 1 amide bonds. The minimum absolute atomic E-state index is 0.0687. The molecule has 172 valence electrons. The summed E-state index contributed by atoms with van der Waals surface area (Å²) in [5.74, 6) is 0.00752. The number of aryl methyl sites for hydroxylation is 1. The van der Waals surface area contributed by atoms with Gasteiger partial charge in [-0.15, -0.1) is 0 Å². The molecule has 3 aromatic carbocycles. The summed E-state index contributed by atoms with van der Waals surface area (Å²) >= 11 is 0. The van der Waals surface area contributed by atoms with E-state index in [1.165, 1.54) is 44.5 Å². The highest BCUT2D eigenvalue weighted by atomic mass is 32.2. The summed E-state index contributed by atoms with van der Waals surface area (Å²) in [4.78, 5) is 23.4. The number of nitrogens with zero attached hydrogens (tertiary/aromatic N) is 2. The third-order valence-corrected chi connectivity index (χ3v) is 6.89. The molecule has 0 heterocycles. The van der Waals surface area contributed by atoms with Crippen molar-refractivity contribution >= 4 is 33.0 Å². The van der Waals surface area contributed by atoms with E-state index in [-0.39, 0.29) is 21.8 Å². The molecule has 0 saturated heterocycles. The molecular weight excluding hydrogens is 446 g/mol. The maximum atomic E-state index is 13.1. The van der Waals surface area contributed by atoms with Crippen LogP contribution in [0.1, 0.15) is 22.8 Å². The maximum Gasteiger partial charge on any atom is 0.274 e. The number of rotatable bonds is 8. The summed E-state index contributed by atoms with van der Waals surface area (Å²) in [5, 5.41) is 13.9. The zero-order chi connectivity index (χ0) is 24.2. The summed E-state index contributed by atoms with van der Waals surface area (Å²) in [6, 6.07) is 16.5. The molecule has 9 nitrogen and oxygen atoms in total. The van der Waals surface area contributed by atoms with Gasteiger partial charge in [-0.2, -0.15) is 0 Å². The van der Waals surface area contributed by atoms with E-state index >= 15 is 0 Å². The van der Waals surface area contributed by atoms with Gasteiger partial charge in [0, 0.05) is 29.9 Å². The molecule has 0 fully saturated rings. The Morgan fingerprint density at radius 2 is 1.79 bits per heavy atom. The van der Waals surface area contributed by atoms with Crippen LogP contribution in [0.5, 0.6) is 5.75 Å². The predicted molar refractivity (Wildman–Crippen MR) is 125 cm³/mol. The number of amides is 1. The van der Waals surface area contributed by atoms with Gasteiger partial charge in [-0.1, -0.05) is 19.1 Å². The van der Waals surface area contributed by atoms with Crippen LogP contribution in [0.2, 0.25) is 0 Å². The van der Waals surface area contributed by atoms with Crippen LogP contribution in [-0.2, 0) is 16.4 Å². The van der Waals surface area contributed by atoms with E-state index in [4.69, 9.17) is 4.74 Å². The lowest BCUT2D eigenvalue weighted by atomic mass is 10.1. The fourth-order valence-corrected chi connectivity index (χ4v) is 4.44. The van der Waals surface area contributed by atoms with Crippen molar-refractivity contribution in [1.29, 1.82) is 0 Å². The molecule has 0 spiro atoms. The number of hydrogen-bond donors (Lipinski definition) is 1. The number of sulfonamides is 1. The van der Waals surface area contributed by atoms with Crippen molar-refractivity contribution in [1.82, 2.24) is 0 Å². The van der Waals surface area contributed by atoms with Gasteiger partial charge in [0.25, 0.3) is 21.6 Å². The largest absolute Gasteiger partial charge is 0.497 e. The van der Waals surface area contributed by atoms with Crippen molar-refractivity contribution in [3.05, 3.63) is 88.0 Å². The first kappa shape index (κ1) is 23.7. The molecule has 0 bridgehead atoms. The predicted octanol–water partition coefficient (Wildman–Crippen LogP) is 4.24. The van der Waals surface area contributed by atoms with Crippen molar-refractivity contribution in [2.24, 2.45) is 0 Å². The highest BCUT2D eigenvalue weighted by Crippen LogP contribution is 2.26. The Hall–Kier alpha value is -3.92. The van der Waals surface area contributed by atoms with Crippen LogP contribution in [0.15, 0.2) is 71.6 Å². The molecule has 10 heteroatoms. The fraction of sp³-hybridized carbons (Fsp3) is 0.174. The van der Waals surface area contributed by atoms with E-state index in [2.05, 4.69) is 5.32 Å². The number of anilines is 2. The minimum atomic E-state index is -3.94.